The molecular weight excluding hydrogens is 264 g/mol. The maximum atomic E-state index is 10.9. The number of halogens is 1. The Morgan fingerprint density at radius 2 is 1.94 bits per heavy atom. The zero-order chi connectivity index (χ0) is 11.5. The summed E-state index contributed by atoms with van der Waals surface area (Å²) in [6, 6.07) is 12.2. The van der Waals surface area contributed by atoms with Crippen molar-refractivity contribution in [2.24, 2.45) is 0 Å². The van der Waals surface area contributed by atoms with Gasteiger partial charge in [0.25, 0.3) is 0 Å². The van der Waals surface area contributed by atoms with Crippen LogP contribution in [-0.2, 0) is 4.79 Å². The molecule has 0 atom stereocenters. The van der Waals surface area contributed by atoms with Crippen molar-refractivity contribution in [3.05, 3.63) is 52.5 Å². The van der Waals surface area contributed by atoms with Crippen LogP contribution in [0.4, 0.5) is 0 Å². The summed E-state index contributed by atoms with van der Waals surface area (Å²) in [6.07, 6.45) is 3.41. The van der Waals surface area contributed by atoms with Crippen LogP contribution in [0, 0.1) is 0 Å². The molecule has 0 fully saturated rings. The van der Waals surface area contributed by atoms with E-state index < -0.39 is 0 Å². The molecule has 2 heteroatoms. The summed E-state index contributed by atoms with van der Waals surface area (Å²) in [5.41, 5.74) is 1.02. The van der Waals surface area contributed by atoms with Crippen molar-refractivity contribution in [3.8, 4) is 0 Å². The summed E-state index contributed by atoms with van der Waals surface area (Å²) in [5, 5.41) is 2.35. The van der Waals surface area contributed by atoms with E-state index in [2.05, 4.69) is 34.1 Å². The molecule has 16 heavy (non-hydrogen) atoms. The summed E-state index contributed by atoms with van der Waals surface area (Å²) in [6.45, 7) is 1.55. The van der Waals surface area contributed by atoms with Crippen LogP contribution >= 0.6 is 15.9 Å². The number of benzene rings is 2. The van der Waals surface area contributed by atoms with Crippen molar-refractivity contribution in [1.29, 1.82) is 0 Å². The molecule has 0 unspecified atom stereocenters. The van der Waals surface area contributed by atoms with Crippen LogP contribution in [-0.4, -0.2) is 5.78 Å². The number of fused-ring (bicyclic) bond motifs is 1. The molecule has 0 aliphatic carbocycles. The zero-order valence-electron chi connectivity index (χ0n) is 8.91. The molecular formula is C14H11BrO. The Hall–Kier alpha value is -1.41. The summed E-state index contributed by atoms with van der Waals surface area (Å²) >= 11 is 3.57. The molecule has 2 aromatic carbocycles. The van der Waals surface area contributed by atoms with E-state index in [1.165, 1.54) is 5.39 Å². The predicted octanol–water partition coefficient (Wildman–Crippen LogP) is 4.20. The number of hydrogen-bond acceptors (Lipinski definition) is 1. The Bertz CT molecular complexity index is 570. The van der Waals surface area contributed by atoms with E-state index in [9.17, 15) is 4.79 Å². The third-order valence-corrected chi connectivity index (χ3v) is 3.28. The van der Waals surface area contributed by atoms with Crippen LogP contribution in [0.2, 0.25) is 0 Å². The lowest BCUT2D eigenvalue weighted by Gasteiger charge is -2.03. The first kappa shape index (κ1) is 11.1. The summed E-state index contributed by atoms with van der Waals surface area (Å²) in [4.78, 5) is 10.9. The number of carbonyl (C=O) groups is 1. The van der Waals surface area contributed by atoms with Gasteiger partial charge in [-0.05, 0) is 45.3 Å². The second-order valence-corrected chi connectivity index (χ2v) is 4.43. The van der Waals surface area contributed by atoms with Crippen LogP contribution < -0.4 is 0 Å². The minimum absolute atomic E-state index is 0.0556. The van der Waals surface area contributed by atoms with Crippen LogP contribution in [0.5, 0.6) is 0 Å². The van der Waals surface area contributed by atoms with Crippen LogP contribution in [0.3, 0.4) is 0 Å². The third-order valence-electron chi connectivity index (χ3n) is 2.39. The molecule has 1 nitrogen and oxygen atoms in total. The average Bonchev–Trinajstić information content (AvgIpc) is 2.28. The highest BCUT2D eigenvalue weighted by molar-refractivity contribution is 9.10. The van der Waals surface area contributed by atoms with E-state index in [-0.39, 0.29) is 5.78 Å². The van der Waals surface area contributed by atoms with E-state index in [1.807, 2.05) is 24.3 Å². The van der Waals surface area contributed by atoms with Crippen molar-refractivity contribution in [2.45, 2.75) is 6.92 Å². The smallest absolute Gasteiger partial charge is 0.152 e. The van der Waals surface area contributed by atoms with Gasteiger partial charge in [-0.25, -0.2) is 0 Å². The van der Waals surface area contributed by atoms with Gasteiger partial charge in [0, 0.05) is 4.47 Å². The first-order valence-corrected chi connectivity index (χ1v) is 5.83. The first-order valence-electron chi connectivity index (χ1n) is 5.04. The van der Waals surface area contributed by atoms with E-state index >= 15 is 0 Å². The number of hydrogen-bond donors (Lipinski definition) is 0. The van der Waals surface area contributed by atoms with E-state index in [0.29, 0.717) is 0 Å². The molecule has 0 spiro atoms. The van der Waals surface area contributed by atoms with E-state index in [0.717, 1.165) is 15.4 Å². The minimum Gasteiger partial charge on any atom is -0.295 e. The van der Waals surface area contributed by atoms with Crippen molar-refractivity contribution < 1.29 is 4.79 Å². The van der Waals surface area contributed by atoms with Gasteiger partial charge in [0.1, 0.15) is 0 Å². The second kappa shape index (κ2) is 4.62. The lowest BCUT2D eigenvalue weighted by Crippen LogP contribution is -1.83. The van der Waals surface area contributed by atoms with Crippen molar-refractivity contribution >= 4 is 38.6 Å². The van der Waals surface area contributed by atoms with Crippen LogP contribution in [0.1, 0.15) is 12.5 Å². The van der Waals surface area contributed by atoms with E-state index in [1.54, 1.807) is 13.0 Å². The maximum absolute atomic E-state index is 10.9. The van der Waals surface area contributed by atoms with Gasteiger partial charge in [0.15, 0.2) is 5.78 Å². The third kappa shape index (κ3) is 2.22. The fourth-order valence-electron chi connectivity index (χ4n) is 1.59. The van der Waals surface area contributed by atoms with Crippen molar-refractivity contribution in [2.75, 3.05) is 0 Å². The molecule has 0 N–H and O–H groups in total. The van der Waals surface area contributed by atoms with E-state index in [4.69, 9.17) is 0 Å². The number of rotatable bonds is 2. The van der Waals surface area contributed by atoms with Gasteiger partial charge in [-0.2, -0.15) is 0 Å². The fourth-order valence-corrected chi connectivity index (χ4v) is 2.21. The monoisotopic (exact) mass is 274 g/mol. The maximum Gasteiger partial charge on any atom is 0.152 e. The molecule has 0 radical (unpaired) electrons. The Morgan fingerprint density at radius 1 is 1.19 bits per heavy atom. The van der Waals surface area contributed by atoms with Gasteiger partial charge in [0.05, 0.1) is 0 Å². The average molecular weight is 275 g/mol. The normalized spacial score (nSPS) is 11.1. The molecule has 0 heterocycles. The molecule has 0 aromatic heterocycles. The Kier molecular flexibility index (Phi) is 3.20. The number of allylic oxidation sites excluding steroid dienone is 1. The summed E-state index contributed by atoms with van der Waals surface area (Å²) in [7, 11) is 0. The summed E-state index contributed by atoms with van der Waals surface area (Å²) in [5.74, 6) is 0.0556. The van der Waals surface area contributed by atoms with Gasteiger partial charge >= 0.3 is 0 Å². The fraction of sp³-hybridized carbons (Fsp3) is 0.0714. The van der Waals surface area contributed by atoms with Gasteiger partial charge < -0.3 is 0 Å². The molecule has 80 valence electrons. The lowest BCUT2D eigenvalue weighted by atomic mass is 10.1. The first-order chi connectivity index (χ1) is 7.68. The molecule has 0 saturated heterocycles. The van der Waals surface area contributed by atoms with Gasteiger partial charge in [-0.1, -0.05) is 42.5 Å². The van der Waals surface area contributed by atoms with Gasteiger partial charge in [-0.15, -0.1) is 0 Å². The highest BCUT2D eigenvalue weighted by Gasteiger charge is 2.01. The molecule has 0 bridgehead atoms. The molecule has 0 amide bonds. The SMILES string of the molecule is CC(=O)/C=C/c1ccc2ccccc2c1Br. The lowest BCUT2D eigenvalue weighted by molar-refractivity contribution is -0.112. The standard InChI is InChI=1S/C14H11BrO/c1-10(16)6-7-12-9-8-11-4-2-3-5-13(11)14(12)15/h2-9H,1H3/b7-6+. The Morgan fingerprint density at radius 3 is 2.69 bits per heavy atom. The number of carbonyl (C=O) groups excluding carboxylic acids is 1. The molecule has 0 aliphatic rings. The highest BCUT2D eigenvalue weighted by atomic mass is 79.9. The van der Waals surface area contributed by atoms with Crippen molar-refractivity contribution in [3.63, 3.8) is 0 Å². The van der Waals surface area contributed by atoms with Crippen molar-refractivity contribution in [1.82, 2.24) is 0 Å². The largest absolute Gasteiger partial charge is 0.295 e. The van der Waals surface area contributed by atoms with Gasteiger partial charge in [0.2, 0.25) is 0 Å². The van der Waals surface area contributed by atoms with Gasteiger partial charge in [-0.3, -0.25) is 4.79 Å². The quantitative estimate of drug-likeness (QED) is 0.750. The number of ketones is 1. The Labute approximate surface area is 103 Å². The second-order valence-electron chi connectivity index (χ2n) is 3.63. The molecule has 2 aromatic rings. The predicted molar refractivity (Wildman–Crippen MR) is 71.4 cm³/mol. The van der Waals surface area contributed by atoms with Crippen LogP contribution in [0.25, 0.3) is 16.8 Å². The van der Waals surface area contributed by atoms with Crippen LogP contribution in [0.15, 0.2) is 46.9 Å². The highest BCUT2D eigenvalue weighted by Crippen LogP contribution is 2.28. The molecule has 2 rings (SSSR count). The zero-order valence-corrected chi connectivity index (χ0v) is 10.5. The summed E-state index contributed by atoms with van der Waals surface area (Å²) < 4.78 is 1.03. The minimum atomic E-state index is 0.0556. The molecule has 0 aliphatic heterocycles. The molecule has 0 saturated carbocycles. The topological polar surface area (TPSA) is 17.1 Å². The Balaban J connectivity index is 2.56.